The van der Waals surface area contributed by atoms with Crippen molar-refractivity contribution in [3.8, 4) is 5.75 Å². The van der Waals surface area contributed by atoms with Gasteiger partial charge >= 0.3 is 0 Å². The molecule has 106 valence electrons. The fourth-order valence-electron chi connectivity index (χ4n) is 1.84. The zero-order chi connectivity index (χ0) is 14.7. The van der Waals surface area contributed by atoms with Crippen LogP contribution in [0.1, 0.15) is 18.6 Å². The Kier molecular flexibility index (Phi) is 4.86. The van der Waals surface area contributed by atoms with Gasteiger partial charge in [-0.2, -0.15) is 0 Å². The van der Waals surface area contributed by atoms with Crippen LogP contribution in [0.2, 0.25) is 10.0 Å². The summed E-state index contributed by atoms with van der Waals surface area (Å²) in [5.41, 5.74) is 6.84. The van der Waals surface area contributed by atoms with Crippen molar-refractivity contribution in [1.29, 1.82) is 0 Å². The summed E-state index contributed by atoms with van der Waals surface area (Å²) in [6.07, 6.45) is -0.393. The van der Waals surface area contributed by atoms with Crippen LogP contribution < -0.4 is 10.5 Å². The summed E-state index contributed by atoms with van der Waals surface area (Å²) in [6, 6.07) is 10.9. The average Bonchev–Trinajstić information content (AvgIpc) is 2.39. The monoisotopic (exact) mass is 313 g/mol. The Balaban J connectivity index is 2.28. The standard InChI is InChI=1S/C15H14Cl2FNO/c1-9(19)15(10-2-4-11(16)5-3-10)20-14-7-6-12(18)8-13(14)17/h2-9,15H,19H2,1H3. The molecule has 20 heavy (non-hydrogen) atoms. The van der Waals surface area contributed by atoms with Crippen LogP contribution in [-0.4, -0.2) is 6.04 Å². The second-order valence-corrected chi connectivity index (χ2v) is 5.37. The van der Waals surface area contributed by atoms with E-state index in [1.807, 2.05) is 19.1 Å². The van der Waals surface area contributed by atoms with Gasteiger partial charge in [-0.15, -0.1) is 0 Å². The van der Waals surface area contributed by atoms with E-state index in [1.165, 1.54) is 18.2 Å². The molecule has 0 aliphatic rings. The summed E-state index contributed by atoms with van der Waals surface area (Å²) in [7, 11) is 0. The Labute approximate surface area is 127 Å². The molecule has 0 radical (unpaired) electrons. The van der Waals surface area contributed by atoms with E-state index in [9.17, 15) is 4.39 Å². The number of benzene rings is 2. The third-order valence-corrected chi connectivity index (χ3v) is 3.37. The molecule has 2 aromatic carbocycles. The van der Waals surface area contributed by atoms with Crippen LogP contribution in [0.5, 0.6) is 5.75 Å². The minimum absolute atomic E-state index is 0.213. The molecule has 0 bridgehead atoms. The number of nitrogens with two attached hydrogens (primary N) is 1. The van der Waals surface area contributed by atoms with E-state index in [2.05, 4.69) is 0 Å². The quantitative estimate of drug-likeness (QED) is 0.895. The first kappa shape index (κ1) is 15.1. The smallest absolute Gasteiger partial charge is 0.139 e. The first-order valence-corrected chi connectivity index (χ1v) is 6.85. The molecule has 2 unspecified atom stereocenters. The van der Waals surface area contributed by atoms with Gasteiger partial charge in [0.25, 0.3) is 0 Å². The third kappa shape index (κ3) is 3.63. The van der Waals surface area contributed by atoms with Crippen molar-refractivity contribution >= 4 is 23.2 Å². The molecule has 0 aliphatic heterocycles. The molecule has 0 aliphatic carbocycles. The first-order chi connectivity index (χ1) is 9.47. The van der Waals surface area contributed by atoms with E-state index in [-0.39, 0.29) is 11.1 Å². The van der Waals surface area contributed by atoms with E-state index in [0.717, 1.165) is 5.56 Å². The lowest BCUT2D eigenvalue weighted by Gasteiger charge is -2.23. The molecule has 2 N–H and O–H groups in total. The highest BCUT2D eigenvalue weighted by Gasteiger charge is 2.19. The molecule has 2 rings (SSSR count). The van der Waals surface area contributed by atoms with E-state index < -0.39 is 11.9 Å². The van der Waals surface area contributed by atoms with Crippen molar-refractivity contribution < 1.29 is 9.13 Å². The van der Waals surface area contributed by atoms with Gasteiger partial charge < -0.3 is 10.5 Å². The maximum atomic E-state index is 13.0. The predicted octanol–water partition coefficient (Wildman–Crippen LogP) is 4.60. The Hall–Kier alpha value is -1.29. The molecule has 0 spiro atoms. The molecule has 0 heterocycles. The van der Waals surface area contributed by atoms with E-state index in [4.69, 9.17) is 33.7 Å². The highest BCUT2D eigenvalue weighted by atomic mass is 35.5. The van der Waals surface area contributed by atoms with Crippen LogP contribution in [0.3, 0.4) is 0 Å². The topological polar surface area (TPSA) is 35.2 Å². The van der Waals surface area contributed by atoms with Crippen molar-refractivity contribution in [3.63, 3.8) is 0 Å². The molecule has 2 atom stereocenters. The van der Waals surface area contributed by atoms with Crippen LogP contribution in [0.4, 0.5) is 4.39 Å². The molecule has 5 heteroatoms. The van der Waals surface area contributed by atoms with Gasteiger partial charge in [-0.1, -0.05) is 35.3 Å². The molecular formula is C15H14Cl2FNO. The Bertz CT molecular complexity index is 587. The summed E-state index contributed by atoms with van der Waals surface area (Å²) in [5.74, 6) is -0.0171. The van der Waals surface area contributed by atoms with Crippen LogP contribution in [0.25, 0.3) is 0 Å². The SMILES string of the molecule is CC(N)C(Oc1ccc(F)cc1Cl)c1ccc(Cl)cc1. The largest absolute Gasteiger partial charge is 0.483 e. The van der Waals surface area contributed by atoms with Crippen LogP contribution in [0.15, 0.2) is 42.5 Å². The van der Waals surface area contributed by atoms with E-state index in [0.29, 0.717) is 10.8 Å². The maximum absolute atomic E-state index is 13.0. The summed E-state index contributed by atoms with van der Waals surface area (Å²) in [5, 5.41) is 0.849. The Morgan fingerprint density at radius 3 is 2.30 bits per heavy atom. The van der Waals surface area contributed by atoms with Crippen LogP contribution in [0, 0.1) is 5.82 Å². The molecule has 0 saturated carbocycles. The zero-order valence-corrected chi connectivity index (χ0v) is 12.3. The lowest BCUT2D eigenvalue weighted by molar-refractivity contribution is 0.180. The van der Waals surface area contributed by atoms with Crippen molar-refractivity contribution in [3.05, 3.63) is 63.9 Å². The zero-order valence-electron chi connectivity index (χ0n) is 10.8. The highest BCUT2D eigenvalue weighted by molar-refractivity contribution is 6.32. The number of hydrogen-bond donors (Lipinski definition) is 1. The first-order valence-electron chi connectivity index (χ1n) is 6.10. The molecule has 0 amide bonds. The van der Waals surface area contributed by atoms with Crippen molar-refractivity contribution in [2.75, 3.05) is 0 Å². The second-order valence-electron chi connectivity index (χ2n) is 4.52. The molecular weight excluding hydrogens is 300 g/mol. The lowest BCUT2D eigenvalue weighted by Crippen LogP contribution is -2.29. The summed E-state index contributed by atoms with van der Waals surface area (Å²) in [4.78, 5) is 0. The third-order valence-electron chi connectivity index (χ3n) is 2.82. The van der Waals surface area contributed by atoms with Crippen LogP contribution in [-0.2, 0) is 0 Å². The Morgan fingerprint density at radius 2 is 1.75 bits per heavy atom. The highest BCUT2D eigenvalue weighted by Crippen LogP contribution is 2.31. The normalized spacial score (nSPS) is 13.8. The Morgan fingerprint density at radius 1 is 1.10 bits per heavy atom. The summed E-state index contributed by atoms with van der Waals surface area (Å²) in [6.45, 7) is 1.83. The number of halogens is 3. The fourth-order valence-corrected chi connectivity index (χ4v) is 2.18. The van der Waals surface area contributed by atoms with Crippen molar-refractivity contribution in [2.45, 2.75) is 19.1 Å². The minimum Gasteiger partial charge on any atom is -0.483 e. The minimum atomic E-state index is -0.411. The van der Waals surface area contributed by atoms with Crippen LogP contribution >= 0.6 is 23.2 Å². The van der Waals surface area contributed by atoms with E-state index >= 15 is 0 Å². The molecule has 0 aromatic heterocycles. The second kappa shape index (κ2) is 6.44. The average molecular weight is 314 g/mol. The molecule has 0 saturated heterocycles. The molecule has 2 nitrogen and oxygen atoms in total. The number of hydrogen-bond acceptors (Lipinski definition) is 2. The maximum Gasteiger partial charge on any atom is 0.139 e. The summed E-state index contributed by atoms with van der Waals surface area (Å²) >= 11 is 11.8. The molecule has 0 fully saturated rings. The van der Waals surface area contributed by atoms with Crippen molar-refractivity contribution in [1.82, 2.24) is 0 Å². The molecule has 2 aromatic rings. The van der Waals surface area contributed by atoms with Gasteiger partial charge in [0.05, 0.1) is 5.02 Å². The van der Waals surface area contributed by atoms with Gasteiger partial charge in [0, 0.05) is 11.1 Å². The van der Waals surface area contributed by atoms with Gasteiger partial charge in [0.2, 0.25) is 0 Å². The predicted molar refractivity (Wildman–Crippen MR) is 79.9 cm³/mol. The number of rotatable bonds is 4. The van der Waals surface area contributed by atoms with Gasteiger partial charge in [-0.05, 0) is 42.8 Å². The van der Waals surface area contributed by atoms with Crippen molar-refractivity contribution in [2.24, 2.45) is 5.73 Å². The lowest BCUT2D eigenvalue weighted by atomic mass is 10.0. The van der Waals surface area contributed by atoms with Gasteiger partial charge in [0.1, 0.15) is 17.7 Å². The van der Waals surface area contributed by atoms with Gasteiger partial charge in [0.15, 0.2) is 0 Å². The summed E-state index contributed by atoms with van der Waals surface area (Å²) < 4.78 is 18.9. The van der Waals surface area contributed by atoms with Gasteiger partial charge in [-0.3, -0.25) is 0 Å². The fraction of sp³-hybridized carbons (Fsp3) is 0.200. The van der Waals surface area contributed by atoms with Gasteiger partial charge in [-0.25, -0.2) is 4.39 Å². The number of ether oxygens (including phenoxy) is 1. The van der Waals surface area contributed by atoms with E-state index in [1.54, 1.807) is 12.1 Å².